The lowest BCUT2D eigenvalue weighted by Gasteiger charge is -2.11. The number of rotatable bonds is 4. The number of hydrogen-bond acceptors (Lipinski definition) is 3. The van der Waals surface area contributed by atoms with E-state index in [4.69, 9.17) is 4.74 Å². The summed E-state index contributed by atoms with van der Waals surface area (Å²) in [6.07, 6.45) is 2.83. The molecular weight excluding hydrogens is 197 g/mol. The molecule has 3 nitrogen and oxygen atoms in total. The zero-order valence-corrected chi connectivity index (χ0v) is 8.87. The van der Waals surface area contributed by atoms with Crippen molar-refractivity contribution in [1.29, 1.82) is 0 Å². The molecule has 1 rings (SSSR count). The van der Waals surface area contributed by atoms with E-state index in [0.29, 0.717) is 0 Å². The average Bonchev–Trinajstić information content (AvgIpc) is 2.18. The van der Waals surface area contributed by atoms with E-state index >= 15 is 0 Å². The summed E-state index contributed by atoms with van der Waals surface area (Å²) in [7, 11) is 0. The van der Waals surface area contributed by atoms with E-state index in [2.05, 4.69) is 4.98 Å². The lowest BCUT2D eigenvalue weighted by Crippen LogP contribution is -2.14. The number of carbonyl (C=O) groups is 1. The molecule has 0 saturated heterocycles. The largest absolute Gasteiger partial charge is 0.459 e. The molecule has 0 aliphatic carbocycles. The minimum atomic E-state index is -0.604. The van der Waals surface area contributed by atoms with Crippen LogP contribution in [0.15, 0.2) is 18.3 Å². The Labute approximate surface area is 88.3 Å². The Balaban J connectivity index is 2.57. The van der Waals surface area contributed by atoms with Gasteiger partial charge in [0, 0.05) is 6.20 Å². The van der Waals surface area contributed by atoms with Gasteiger partial charge >= 0.3 is 5.97 Å². The Kier molecular flexibility index (Phi) is 4.21. The third kappa shape index (κ3) is 3.65. The number of pyridine rings is 1. The summed E-state index contributed by atoms with van der Waals surface area (Å²) in [5, 5.41) is 0. The van der Waals surface area contributed by atoms with Gasteiger partial charge in [-0.25, -0.2) is 9.78 Å². The topological polar surface area (TPSA) is 39.2 Å². The van der Waals surface area contributed by atoms with E-state index < -0.39 is 11.9 Å². The van der Waals surface area contributed by atoms with E-state index in [-0.39, 0.29) is 11.7 Å². The number of nitrogens with zero attached hydrogens (tertiary/aromatic N) is 1. The summed E-state index contributed by atoms with van der Waals surface area (Å²) < 4.78 is 17.6. The van der Waals surface area contributed by atoms with E-state index in [0.717, 1.165) is 18.9 Å². The maximum atomic E-state index is 12.5. The molecule has 0 amide bonds. The molecule has 1 aromatic heterocycles. The van der Waals surface area contributed by atoms with Gasteiger partial charge in [0.1, 0.15) is 0 Å². The number of carbonyl (C=O) groups excluding carboxylic acids is 1. The van der Waals surface area contributed by atoms with Gasteiger partial charge in [-0.1, -0.05) is 13.3 Å². The maximum absolute atomic E-state index is 12.5. The van der Waals surface area contributed by atoms with Crippen molar-refractivity contribution < 1.29 is 13.9 Å². The highest BCUT2D eigenvalue weighted by Crippen LogP contribution is 2.07. The number of hydrogen-bond donors (Lipinski definition) is 0. The van der Waals surface area contributed by atoms with Crippen LogP contribution in [0.2, 0.25) is 0 Å². The van der Waals surface area contributed by atoms with Crippen molar-refractivity contribution in [3.05, 3.63) is 29.8 Å². The summed E-state index contributed by atoms with van der Waals surface area (Å²) >= 11 is 0. The first-order valence-corrected chi connectivity index (χ1v) is 4.96. The van der Waals surface area contributed by atoms with Gasteiger partial charge in [-0.2, -0.15) is 4.39 Å². The predicted octanol–water partition coefficient (Wildman–Crippen LogP) is 2.57. The summed E-state index contributed by atoms with van der Waals surface area (Å²) in [5.41, 5.74) is 0.277. The second-order valence-electron chi connectivity index (χ2n) is 3.37. The van der Waals surface area contributed by atoms with E-state index in [1.807, 2.05) is 13.8 Å². The van der Waals surface area contributed by atoms with Crippen LogP contribution in [-0.2, 0) is 4.74 Å². The first-order chi connectivity index (χ1) is 7.13. The Bertz CT molecular complexity index is 324. The van der Waals surface area contributed by atoms with Crippen LogP contribution < -0.4 is 0 Å². The average molecular weight is 211 g/mol. The van der Waals surface area contributed by atoms with Gasteiger partial charge in [0.2, 0.25) is 5.95 Å². The Morgan fingerprint density at radius 1 is 1.60 bits per heavy atom. The van der Waals surface area contributed by atoms with Crippen molar-refractivity contribution in [2.75, 3.05) is 0 Å². The number of halogens is 1. The Morgan fingerprint density at radius 2 is 2.33 bits per heavy atom. The molecule has 4 heteroatoms. The van der Waals surface area contributed by atoms with Crippen LogP contribution >= 0.6 is 0 Å². The third-order valence-electron chi connectivity index (χ3n) is 1.97. The molecule has 0 bridgehead atoms. The maximum Gasteiger partial charge on any atom is 0.339 e. The second kappa shape index (κ2) is 5.44. The highest BCUT2D eigenvalue weighted by atomic mass is 19.1. The molecule has 0 aliphatic rings. The fourth-order valence-corrected chi connectivity index (χ4v) is 1.21. The fourth-order valence-electron chi connectivity index (χ4n) is 1.21. The van der Waals surface area contributed by atoms with Gasteiger partial charge in [-0.3, -0.25) is 0 Å². The molecule has 1 heterocycles. The molecule has 1 atom stereocenters. The Hall–Kier alpha value is -1.45. The van der Waals surface area contributed by atoms with Gasteiger partial charge in [-0.05, 0) is 25.5 Å². The first-order valence-electron chi connectivity index (χ1n) is 4.96. The molecule has 1 aromatic rings. The number of esters is 1. The van der Waals surface area contributed by atoms with Gasteiger partial charge < -0.3 is 4.74 Å². The van der Waals surface area contributed by atoms with Crippen molar-refractivity contribution in [1.82, 2.24) is 4.98 Å². The summed E-state index contributed by atoms with van der Waals surface area (Å²) in [5.74, 6) is -1.06. The van der Waals surface area contributed by atoms with Crippen LogP contribution in [0, 0.1) is 5.95 Å². The number of aromatic nitrogens is 1. The first kappa shape index (κ1) is 11.6. The van der Waals surface area contributed by atoms with Gasteiger partial charge in [0.15, 0.2) is 0 Å². The Morgan fingerprint density at radius 3 is 2.87 bits per heavy atom. The SMILES string of the molecule is CCCC(C)OC(=O)c1ccc(F)nc1. The standard InChI is InChI=1S/C11H14FNO2/c1-3-4-8(2)15-11(14)9-5-6-10(12)13-7-9/h5-8H,3-4H2,1-2H3. The molecular formula is C11H14FNO2. The van der Waals surface area contributed by atoms with Crippen molar-refractivity contribution in [3.63, 3.8) is 0 Å². The van der Waals surface area contributed by atoms with Crippen LogP contribution in [0.1, 0.15) is 37.0 Å². The van der Waals surface area contributed by atoms with Gasteiger partial charge in [-0.15, -0.1) is 0 Å². The highest BCUT2D eigenvalue weighted by Gasteiger charge is 2.11. The number of ether oxygens (including phenoxy) is 1. The third-order valence-corrected chi connectivity index (χ3v) is 1.97. The van der Waals surface area contributed by atoms with Crippen LogP contribution in [0.25, 0.3) is 0 Å². The molecule has 0 spiro atoms. The monoisotopic (exact) mass is 211 g/mol. The zero-order valence-electron chi connectivity index (χ0n) is 8.87. The van der Waals surface area contributed by atoms with Crippen molar-refractivity contribution in [3.8, 4) is 0 Å². The summed E-state index contributed by atoms with van der Waals surface area (Å²) in [6, 6.07) is 2.50. The predicted molar refractivity (Wildman–Crippen MR) is 54.0 cm³/mol. The highest BCUT2D eigenvalue weighted by molar-refractivity contribution is 5.89. The van der Waals surface area contributed by atoms with Crippen LogP contribution in [0.5, 0.6) is 0 Å². The molecule has 0 N–H and O–H groups in total. The molecule has 0 radical (unpaired) electrons. The van der Waals surface area contributed by atoms with Crippen molar-refractivity contribution in [2.24, 2.45) is 0 Å². The molecule has 1 unspecified atom stereocenters. The van der Waals surface area contributed by atoms with Gasteiger partial charge in [0.05, 0.1) is 11.7 Å². The summed E-state index contributed by atoms with van der Waals surface area (Å²) in [6.45, 7) is 3.85. The smallest absolute Gasteiger partial charge is 0.339 e. The van der Waals surface area contributed by atoms with Crippen LogP contribution in [0.3, 0.4) is 0 Å². The molecule has 0 fully saturated rings. The summed E-state index contributed by atoms with van der Waals surface area (Å²) in [4.78, 5) is 14.8. The lowest BCUT2D eigenvalue weighted by atomic mass is 10.2. The molecule has 0 aliphatic heterocycles. The molecule has 15 heavy (non-hydrogen) atoms. The minimum Gasteiger partial charge on any atom is -0.459 e. The molecule has 0 aromatic carbocycles. The van der Waals surface area contributed by atoms with E-state index in [9.17, 15) is 9.18 Å². The van der Waals surface area contributed by atoms with Crippen LogP contribution in [-0.4, -0.2) is 17.1 Å². The normalized spacial score (nSPS) is 12.2. The van der Waals surface area contributed by atoms with Crippen molar-refractivity contribution >= 4 is 5.97 Å². The molecule has 0 saturated carbocycles. The van der Waals surface area contributed by atoms with Crippen molar-refractivity contribution in [2.45, 2.75) is 32.8 Å². The van der Waals surface area contributed by atoms with E-state index in [1.54, 1.807) is 0 Å². The van der Waals surface area contributed by atoms with E-state index in [1.165, 1.54) is 12.3 Å². The van der Waals surface area contributed by atoms with Gasteiger partial charge in [0.25, 0.3) is 0 Å². The second-order valence-corrected chi connectivity index (χ2v) is 3.37. The quantitative estimate of drug-likeness (QED) is 0.567. The zero-order chi connectivity index (χ0) is 11.3. The minimum absolute atomic E-state index is 0.118. The van der Waals surface area contributed by atoms with Crippen LogP contribution in [0.4, 0.5) is 4.39 Å². The fraction of sp³-hybridized carbons (Fsp3) is 0.455. The molecule has 82 valence electrons. The lowest BCUT2D eigenvalue weighted by molar-refractivity contribution is 0.0323.